The second-order valence-electron chi connectivity index (χ2n) is 3.26. The molecule has 2 N–H and O–H groups in total. The van der Waals surface area contributed by atoms with Crippen molar-refractivity contribution in [3.63, 3.8) is 0 Å². The minimum Gasteiger partial charge on any atom is -0.478 e. The number of benzene rings is 1. The van der Waals surface area contributed by atoms with Gasteiger partial charge in [-0.1, -0.05) is 12.1 Å². The zero-order valence-electron chi connectivity index (χ0n) is 9.20. The summed E-state index contributed by atoms with van der Waals surface area (Å²) in [5.74, 6) is -1.08. The van der Waals surface area contributed by atoms with Gasteiger partial charge in [0.15, 0.2) is 0 Å². The van der Waals surface area contributed by atoms with Gasteiger partial charge in [0.05, 0.1) is 17.0 Å². The lowest BCUT2D eigenvalue weighted by atomic mass is 10.1. The molecule has 0 fully saturated rings. The first kappa shape index (κ1) is 13.4. The SMILES string of the molecule is O=CCN/C(=C/[N+](=O)[O-])c1ccc(C(=O)O)cc1. The summed E-state index contributed by atoms with van der Waals surface area (Å²) in [4.78, 5) is 30.7. The van der Waals surface area contributed by atoms with Gasteiger partial charge in [0.1, 0.15) is 12.0 Å². The molecule has 7 heteroatoms. The molecule has 0 unspecified atom stereocenters. The molecule has 0 aliphatic carbocycles. The van der Waals surface area contributed by atoms with E-state index in [2.05, 4.69) is 5.32 Å². The number of hydrogen-bond acceptors (Lipinski definition) is 5. The van der Waals surface area contributed by atoms with Crippen LogP contribution in [-0.4, -0.2) is 28.8 Å². The van der Waals surface area contributed by atoms with Gasteiger partial charge < -0.3 is 15.2 Å². The van der Waals surface area contributed by atoms with E-state index in [9.17, 15) is 19.7 Å². The van der Waals surface area contributed by atoms with E-state index in [0.717, 1.165) is 6.20 Å². The molecule has 1 aromatic rings. The molecule has 94 valence electrons. The monoisotopic (exact) mass is 250 g/mol. The van der Waals surface area contributed by atoms with E-state index in [1.165, 1.54) is 24.3 Å². The summed E-state index contributed by atoms with van der Waals surface area (Å²) in [6.07, 6.45) is 1.29. The van der Waals surface area contributed by atoms with E-state index < -0.39 is 10.9 Å². The molecule has 0 saturated carbocycles. The maximum absolute atomic E-state index is 10.6. The van der Waals surface area contributed by atoms with Crippen LogP contribution in [0.1, 0.15) is 15.9 Å². The molecule has 0 bridgehead atoms. The summed E-state index contributed by atoms with van der Waals surface area (Å²) in [6.45, 7) is -0.0691. The number of carbonyl (C=O) groups is 2. The first-order chi connectivity index (χ1) is 8.54. The van der Waals surface area contributed by atoms with Crippen LogP contribution in [0.4, 0.5) is 0 Å². The van der Waals surface area contributed by atoms with E-state index in [1.807, 2.05) is 0 Å². The van der Waals surface area contributed by atoms with Gasteiger partial charge in [-0.3, -0.25) is 10.1 Å². The van der Waals surface area contributed by atoms with Crippen LogP contribution in [0.3, 0.4) is 0 Å². The van der Waals surface area contributed by atoms with Crippen LogP contribution in [0.2, 0.25) is 0 Å². The number of rotatable bonds is 6. The highest BCUT2D eigenvalue weighted by Crippen LogP contribution is 2.12. The normalized spacial score (nSPS) is 10.8. The third-order valence-corrected chi connectivity index (χ3v) is 2.05. The lowest BCUT2D eigenvalue weighted by Gasteiger charge is -2.06. The molecular weight excluding hydrogens is 240 g/mol. The second-order valence-corrected chi connectivity index (χ2v) is 3.26. The van der Waals surface area contributed by atoms with E-state index in [0.29, 0.717) is 11.8 Å². The molecule has 1 aromatic carbocycles. The fourth-order valence-corrected chi connectivity index (χ4v) is 1.27. The third kappa shape index (κ3) is 3.71. The van der Waals surface area contributed by atoms with Gasteiger partial charge >= 0.3 is 5.97 Å². The molecule has 7 nitrogen and oxygen atoms in total. The summed E-state index contributed by atoms with van der Waals surface area (Å²) in [5, 5.41) is 21.7. The number of carbonyl (C=O) groups excluding carboxylic acids is 1. The smallest absolute Gasteiger partial charge is 0.335 e. The number of aromatic carboxylic acids is 1. The molecule has 0 aliphatic rings. The van der Waals surface area contributed by atoms with Crippen LogP contribution in [-0.2, 0) is 4.79 Å². The zero-order chi connectivity index (χ0) is 13.5. The maximum Gasteiger partial charge on any atom is 0.335 e. The molecule has 0 amide bonds. The first-order valence-corrected chi connectivity index (χ1v) is 4.91. The molecule has 0 heterocycles. The molecule has 0 spiro atoms. The summed E-state index contributed by atoms with van der Waals surface area (Å²) < 4.78 is 0. The molecule has 0 atom stereocenters. The maximum atomic E-state index is 10.6. The summed E-state index contributed by atoms with van der Waals surface area (Å²) in [5.41, 5.74) is 0.650. The van der Waals surface area contributed by atoms with Gasteiger partial charge in [0.2, 0.25) is 0 Å². The quantitative estimate of drug-likeness (QED) is 0.438. The van der Waals surface area contributed by atoms with Gasteiger partial charge in [-0.2, -0.15) is 0 Å². The Hall–Kier alpha value is -2.70. The molecule has 0 aromatic heterocycles. The Morgan fingerprint density at radius 3 is 2.33 bits per heavy atom. The van der Waals surface area contributed by atoms with Crippen molar-refractivity contribution in [1.29, 1.82) is 0 Å². The van der Waals surface area contributed by atoms with Crippen LogP contribution in [0.25, 0.3) is 5.70 Å². The van der Waals surface area contributed by atoms with Gasteiger partial charge in [-0.25, -0.2) is 4.79 Å². The summed E-state index contributed by atoms with van der Waals surface area (Å²) >= 11 is 0. The standard InChI is InChI=1S/C11H10N2O5/c14-6-5-12-10(7-13(17)18)8-1-3-9(4-2-8)11(15)16/h1-4,6-7,12H,5H2,(H,15,16)/b10-7+. The largest absolute Gasteiger partial charge is 0.478 e. The first-order valence-electron chi connectivity index (χ1n) is 4.91. The fourth-order valence-electron chi connectivity index (χ4n) is 1.27. The third-order valence-electron chi connectivity index (χ3n) is 2.05. The predicted molar refractivity (Wildman–Crippen MR) is 62.4 cm³/mol. The van der Waals surface area contributed by atoms with Crippen molar-refractivity contribution in [3.05, 3.63) is 51.7 Å². The number of nitro groups is 1. The van der Waals surface area contributed by atoms with Crippen molar-refractivity contribution in [3.8, 4) is 0 Å². The molecule has 0 aliphatic heterocycles. The Morgan fingerprint density at radius 2 is 1.89 bits per heavy atom. The number of aldehydes is 1. The highest BCUT2D eigenvalue weighted by molar-refractivity contribution is 5.88. The van der Waals surface area contributed by atoms with Crippen LogP contribution in [0, 0.1) is 10.1 Å². The molecule has 0 radical (unpaired) electrons. The van der Waals surface area contributed by atoms with Crippen molar-refractivity contribution in [2.45, 2.75) is 0 Å². The van der Waals surface area contributed by atoms with Crippen LogP contribution in [0.15, 0.2) is 30.5 Å². The second kappa shape index (κ2) is 6.14. The van der Waals surface area contributed by atoms with Gasteiger partial charge in [-0.15, -0.1) is 0 Å². The van der Waals surface area contributed by atoms with Crippen LogP contribution < -0.4 is 5.32 Å². The van der Waals surface area contributed by atoms with Gasteiger partial charge in [-0.05, 0) is 12.1 Å². The van der Waals surface area contributed by atoms with Crippen molar-refractivity contribution in [2.24, 2.45) is 0 Å². The minimum absolute atomic E-state index is 0.0691. The van der Waals surface area contributed by atoms with Crippen molar-refractivity contribution in [1.82, 2.24) is 5.32 Å². The Kier molecular flexibility index (Phi) is 4.56. The molecular formula is C11H10N2O5. The minimum atomic E-state index is -1.08. The number of carboxylic acid groups (broad SMARTS) is 1. The van der Waals surface area contributed by atoms with E-state index in [1.54, 1.807) is 0 Å². The Bertz CT molecular complexity index is 493. The molecule has 0 saturated heterocycles. The van der Waals surface area contributed by atoms with E-state index in [4.69, 9.17) is 5.11 Å². The van der Waals surface area contributed by atoms with Crippen LogP contribution >= 0.6 is 0 Å². The van der Waals surface area contributed by atoms with Crippen molar-refractivity contribution in [2.75, 3.05) is 6.54 Å². The van der Waals surface area contributed by atoms with Gasteiger partial charge in [0, 0.05) is 5.56 Å². The molecule has 18 heavy (non-hydrogen) atoms. The highest BCUT2D eigenvalue weighted by Gasteiger charge is 2.08. The van der Waals surface area contributed by atoms with Crippen molar-refractivity contribution < 1.29 is 19.6 Å². The average Bonchev–Trinajstić information content (AvgIpc) is 2.34. The lowest BCUT2D eigenvalue weighted by molar-refractivity contribution is -0.401. The topological polar surface area (TPSA) is 110 Å². The predicted octanol–water partition coefficient (Wildman–Crippen LogP) is 0.748. The Labute approximate surface area is 102 Å². The average molecular weight is 250 g/mol. The number of hydrogen-bond donors (Lipinski definition) is 2. The van der Waals surface area contributed by atoms with Gasteiger partial charge in [0.25, 0.3) is 6.20 Å². The number of nitrogens with one attached hydrogen (secondary N) is 1. The molecule has 1 rings (SSSR count). The summed E-state index contributed by atoms with van der Waals surface area (Å²) in [7, 11) is 0. The van der Waals surface area contributed by atoms with Crippen molar-refractivity contribution >= 4 is 18.0 Å². The lowest BCUT2D eigenvalue weighted by Crippen LogP contribution is -2.16. The summed E-state index contributed by atoms with van der Waals surface area (Å²) in [6, 6.07) is 5.51. The zero-order valence-corrected chi connectivity index (χ0v) is 9.20. The Balaban J connectivity index is 3.01. The fraction of sp³-hybridized carbons (Fsp3) is 0.0909. The number of carboxylic acids is 1. The van der Waals surface area contributed by atoms with E-state index in [-0.39, 0.29) is 17.8 Å². The Morgan fingerprint density at radius 1 is 1.33 bits per heavy atom. The van der Waals surface area contributed by atoms with E-state index >= 15 is 0 Å². The number of nitrogens with zero attached hydrogens (tertiary/aromatic N) is 1. The van der Waals surface area contributed by atoms with Crippen LogP contribution in [0.5, 0.6) is 0 Å². The highest BCUT2D eigenvalue weighted by atomic mass is 16.6.